The van der Waals surface area contributed by atoms with Gasteiger partial charge in [-0.05, 0) is 67.4 Å². The number of ether oxygens (including phenoxy) is 1. The Labute approximate surface area is 233 Å². The number of amides is 2. The number of halogens is 3. The van der Waals surface area contributed by atoms with Crippen molar-refractivity contribution in [1.82, 2.24) is 0 Å². The second-order valence-corrected chi connectivity index (χ2v) is 10.9. The zero-order valence-corrected chi connectivity index (χ0v) is 23.0. The molecule has 0 bridgehead atoms. The minimum Gasteiger partial charge on any atom is -0.482 e. The molecule has 36 heavy (non-hydrogen) atoms. The average molecular weight is 578 g/mol. The zero-order chi connectivity index (χ0) is 26.0. The van der Waals surface area contributed by atoms with E-state index in [-0.39, 0.29) is 18.4 Å². The van der Waals surface area contributed by atoms with Crippen LogP contribution >= 0.6 is 58.8 Å². The van der Waals surface area contributed by atoms with Gasteiger partial charge in [0.2, 0.25) is 0 Å². The molecule has 1 fully saturated rings. The molecule has 1 heterocycles. The van der Waals surface area contributed by atoms with Crippen LogP contribution in [0.2, 0.25) is 15.1 Å². The zero-order valence-electron chi connectivity index (χ0n) is 19.1. The summed E-state index contributed by atoms with van der Waals surface area (Å²) in [5.41, 5.74) is 4.03. The van der Waals surface area contributed by atoms with Crippen LogP contribution in [0.3, 0.4) is 0 Å². The third-order valence-corrected chi connectivity index (χ3v) is 7.56. The van der Waals surface area contributed by atoms with E-state index in [1.165, 1.54) is 16.7 Å². The summed E-state index contributed by atoms with van der Waals surface area (Å²) in [5.74, 6) is -0.219. The molecule has 1 saturated heterocycles. The molecule has 184 valence electrons. The lowest BCUT2D eigenvalue weighted by molar-refractivity contribution is -0.118. The van der Waals surface area contributed by atoms with Gasteiger partial charge < -0.3 is 10.1 Å². The van der Waals surface area contributed by atoms with Gasteiger partial charge in [-0.3, -0.25) is 14.5 Å². The van der Waals surface area contributed by atoms with E-state index in [4.69, 9.17) is 51.8 Å². The second-order valence-electron chi connectivity index (χ2n) is 7.96. The molecule has 4 rings (SSSR count). The summed E-state index contributed by atoms with van der Waals surface area (Å²) in [6.07, 6.45) is 1.69. The molecule has 3 aromatic carbocycles. The fourth-order valence-corrected chi connectivity index (χ4v) is 5.31. The van der Waals surface area contributed by atoms with Crippen LogP contribution < -0.4 is 15.0 Å². The quantitative estimate of drug-likeness (QED) is 0.240. The monoisotopic (exact) mass is 576 g/mol. The lowest BCUT2D eigenvalue weighted by Gasteiger charge is -2.15. The number of carbonyl (C=O) groups excluding carboxylic acids is 2. The molecule has 5 nitrogen and oxygen atoms in total. The number of hydrogen-bond donors (Lipinski definition) is 1. The molecule has 0 aliphatic carbocycles. The van der Waals surface area contributed by atoms with Crippen molar-refractivity contribution in [2.45, 2.75) is 13.8 Å². The van der Waals surface area contributed by atoms with Crippen LogP contribution in [-0.4, -0.2) is 22.7 Å². The van der Waals surface area contributed by atoms with Gasteiger partial charge in [-0.2, -0.15) is 0 Å². The third kappa shape index (κ3) is 6.05. The maximum absolute atomic E-state index is 13.0. The molecule has 0 aromatic heterocycles. The highest BCUT2D eigenvalue weighted by atomic mass is 35.5. The predicted octanol–water partition coefficient (Wildman–Crippen LogP) is 7.69. The smallest absolute Gasteiger partial charge is 0.270 e. The van der Waals surface area contributed by atoms with Gasteiger partial charge in [0, 0.05) is 5.69 Å². The number of nitrogens with zero attached hydrogens (tertiary/aromatic N) is 1. The highest BCUT2D eigenvalue weighted by Gasteiger charge is 2.33. The van der Waals surface area contributed by atoms with Crippen molar-refractivity contribution < 1.29 is 14.3 Å². The van der Waals surface area contributed by atoms with E-state index < -0.39 is 0 Å². The molecule has 2 amide bonds. The minimum absolute atomic E-state index is 0.200. The molecule has 3 aromatic rings. The maximum atomic E-state index is 13.0. The number of thiocarbonyl (C=S) groups is 1. The van der Waals surface area contributed by atoms with Crippen molar-refractivity contribution in [3.8, 4) is 5.75 Å². The van der Waals surface area contributed by atoms with E-state index in [9.17, 15) is 9.59 Å². The van der Waals surface area contributed by atoms with Gasteiger partial charge in [0.1, 0.15) is 5.75 Å². The largest absolute Gasteiger partial charge is 0.482 e. The second kappa shape index (κ2) is 11.2. The predicted molar refractivity (Wildman–Crippen MR) is 154 cm³/mol. The van der Waals surface area contributed by atoms with E-state index in [1.807, 2.05) is 32.0 Å². The van der Waals surface area contributed by atoms with Crippen molar-refractivity contribution in [2.75, 3.05) is 16.8 Å². The Morgan fingerprint density at radius 2 is 1.81 bits per heavy atom. The van der Waals surface area contributed by atoms with E-state index in [1.54, 1.807) is 42.5 Å². The Kier molecular flexibility index (Phi) is 8.27. The Bertz CT molecular complexity index is 1430. The molecule has 1 aliphatic rings. The van der Waals surface area contributed by atoms with Crippen LogP contribution in [0.25, 0.3) is 6.08 Å². The highest BCUT2D eigenvalue weighted by molar-refractivity contribution is 8.27. The van der Waals surface area contributed by atoms with Crippen molar-refractivity contribution >= 4 is 92.4 Å². The van der Waals surface area contributed by atoms with Gasteiger partial charge >= 0.3 is 0 Å². The lowest BCUT2D eigenvalue weighted by Crippen LogP contribution is -2.27. The van der Waals surface area contributed by atoms with Crippen LogP contribution in [-0.2, 0) is 9.59 Å². The molecule has 0 atom stereocenters. The summed E-state index contributed by atoms with van der Waals surface area (Å²) in [6, 6.07) is 15.7. The van der Waals surface area contributed by atoms with Gasteiger partial charge in [0.25, 0.3) is 11.8 Å². The van der Waals surface area contributed by atoms with Crippen LogP contribution in [0.4, 0.5) is 11.4 Å². The first-order valence-electron chi connectivity index (χ1n) is 10.6. The summed E-state index contributed by atoms with van der Waals surface area (Å²) in [5, 5.41) is 3.86. The van der Waals surface area contributed by atoms with E-state index >= 15 is 0 Å². The topological polar surface area (TPSA) is 58.6 Å². The number of benzene rings is 3. The van der Waals surface area contributed by atoms with Crippen molar-refractivity contribution in [3.05, 3.63) is 91.3 Å². The number of thioether (sulfide) groups is 1. The lowest BCUT2D eigenvalue weighted by atomic mass is 10.1. The fourth-order valence-electron chi connectivity index (χ4n) is 3.47. The Morgan fingerprint density at radius 3 is 2.50 bits per heavy atom. The summed E-state index contributed by atoms with van der Waals surface area (Å²) in [7, 11) is 0. The Balaban J connectivity index is 1.42. The Morgan fingerprint density at radius 1 is 1.03 bits per heavy atom. The summed E-state index contributed by atoms with van der Waals surface area (Å²) >= 11 is 25.0. The maximum Gasteiger partial charge on any atom is 0.270 e. The standard InChI is InChI=1S/C26H19Cl3N2O3S2/c1-14-3-7-21(15(2)9-14)30-24(32)13-34-22-8-4-16(10-20(22)29)11-23-25(33)31(26(35)36-23)17-5-6-18(27)19(28)12-17/h3-12H,13H2,1-2H3,(H,30,32)/b23-11-. The Hall–Kier alpha value is -2.55. The molecule has 10 heteroatoms. The summed E-state index contributed by atoms with van der Waals surface area (Å²) in [4.78, 5) is 27.2. The number of hydrogen-bond acceptors (Lipinski definition) is 5. The van der Waals surface area contributed by atoms with Gasteiger partial charge in [-0.1, -0.05) is 82.5 Å². The average Bonchev–Trinajstić information content (AvgIpc) is 3.09. The van der Waals surface area contributed by atoms with E-state index in [2.05, 4.69) is 5.32 Å². The minimum atomic E-state index is -0.298. The van der Waals surface area contributed by atoms with Gasteiger partial charge in [-0.25, -0.2) is 0 Å². The summed E-state index contributed by atoms with van der Waals surface area (Å²) in [6.45, 7) is 3.72. The fraction of sp³-hybridized carbons (Fsp3) is 0.115. The van der Waals surface area contributed by atoms with Crippen molar-refractivity contribution in [1.29, 1.82) is 0 Å². The molecule has 0 unspecified atom stereocenters. The molecule has 1 N–H and O–H groups in total. The number of aryl methyl sites for hydroxylation is 2. The number of anilines is 2. The first kappa shape index (κ1) is 26.5. The van der Waals surface area contributed by atoms with Crippen LogP contribution in [0.15, 0.2) is 59.5 Å². The van der Waals surface area contributed by atoms with Gasteiger partial charge in [0.15, 0.2) is 10.9 Å². The normalized spacial score (nSPS) is 14.5. The molecule has 0 radical (unpaired) electrons. The molecule has 1 aliphatic heterocycles. The third-order valence-electron chi connectivity index (χ3n) is 5.22. The van der Waals surface area contributed by atoms with Crippen molar-refractivity contribution in [2.24, 2.45) is 0 Å². The molecule has 0 spiro atoms. The first-order valence-corrected chi connectivity index (χ1v) is 13.0. The number of carbonyl (C=O) groups is 2. The van der Waals surface area contributed by atoms with E-state index in [0.29, 0.717) is 41.3 Å². The van der Waals surface area contributed by atoms with Crippen LogP contribution in [0, 0.1) is 13.8 Å². The molecular weight excluding hydrogens is 559 g/mol. The summed E-state index contributed by atoms with van der Waals surface area (Å²) < 4.78 is 5.98. The molecule has 0 saturated carbocycles. The van der Waals surface area contributed by atoms with Gasteiger partial charge in [-0.15, -0.1) is 0 Å². The SMILES string of the molecule is Cc1ccc(NC(=O)COc2ccc(/C=C3\SC(=S)N(c4ccc(Cl)c(Cl)c4)C3=O)cc2Cl)c(C)c1. The van der Waals surface area contributed by atoms with Crippen LogP contribution in [0.1, 0.15) is 16.7 Å². The van der Waals surface area contributed by atoms with Crippen molar-refractivity contribution in [3.63, 3.8) is 0 Å². The highest BCUT2D eigenvalue weighted by Crippen LogP contribution is 2.38. The van der Waals surface area contributed by atoms with Crippen LogP contribution in [0.5, 0.6) is 5.75 Å². The number of rotatable bonds is 6. The molecular formula is C26H19Cl3N2O3S2. The van der Waals surface area contributed by atoms with Gasteiger partial charge in [0.05, 0.1) is 25.7 Å². The first-order chi connectivity index (χ1) is 17.1. The number of nitrogens with one attached hydrogen (secondary N) is 1. The van der Waals surface area contributed by atoms with E-state index in [0.717, 1.165) is 16.8 Å².